The second kappa shape index (κ2) is 12.9. The Morgan fingerprint density at radius 3 is 2.29 bits per heavy atom. The summed E-state index contributed by atoms with van der Waals surface area (Å²) in [6.07, 6.45) is 1.30. The molecule has 3 aromatic rings. The third-order valence-corrected chi connectivity index (χ3v) is 11.6. The van der Waals surface area contributed by atoms with Gasteiger partial charge in [-0.15, -0.1) is 0 Å². The van der Waals surface area contributed by atoms with E-state index in [4.69, 9.17) is 18.9 Å². The quantitative estimate of drug-likeness (QED) is 0.292. The van der Waals surface area contributed by atoms with Gasteiger partial charge in [0.15, 0.2) is 10.6 Å². The second-order valence-corrected chi connectivity index (χ2v) is 14.7. The van der Waals surface area contributed by atoms with E-state index in [1.54, 1.807) is 24.3 Å². The minimum Gasteiger partial charge on any atom is -0.497 e. The lowest BCUT2D eigenvalue weighted by atomic mass is 9.68. The number of morpholine rings is 1. The number of nitrogens with zero attached hydrogens (tertiary/aromatic N) is 6. The number of carbonyl (C=O) groups excluding carboxylic acids is 1. The summed E-state index contributed by atoms with van der Waals surface area (Å²) in [6.45, 7) is 10.3. The predicted octanol–water partition coefficient (Wildman–Crippen LogP) is 2.30. The van der Waals surface area contributed by atoms with E-state index < -0.39 is 21.5 Å². The van der Waals surface area contributed by atoms with Crippen LogP contribution in [0.25, 0.3) is 0 Å². The molecule has 3 fully saturated rings. The molecule has 0 saturated carbocycles. The van der Waals surface area contributed by atoms with Gasteiger partial charge in [0.1, 0.15) is 17.2 Å². The number of aromatic nitrogens is 1. The van der Waals surface area contributed by atoms with E-state index in [-0.39, 0.29) is 16.1 Å². The zero-order valence-electron chi connectivity index (χ0n) is 27.9. The fourth-order valence-electron chi connectivity index (χ4n) is 7.72. The van der Waals surface area contributed by atoms with Crippen LogP contribution < -0.4 is 18.5 Å². The number of anilines is 1. The van der Waals surface area contributed by atoms with E-state index in [1.165, 1.54) is 44.7 Å². The third-order valence-electron chi connectivity index (χ3n) is 10.0. The first-order chi connectivity index (χ1) is 23.7. The third kappa shape index (κ3) is 5.50. The van der Waals surface area contributed by atoms with Crippen molar-refractivity contribution in [1.29, 1.82) is 5.26 Å². The van der Waals surface area contributed by atoms with Crippen LogP contribution in [0.4, 0.5) is 5.69 Å². The van der Waals surface area contributed by atoms with Gasteiger partial charge in [0.05, 0.1) is 57.6 Å². The number of likely N-dealkylation sites (tertiary alicyclic amines) is 2. The normalized spacial score (nSPS) is 22.2. The van der Waals surface area contributed by atoms with Gasteiger partial charge in [-0.05, 0) is 55.5 Å². The number of pyridine rings is 1. The number of benzene rings is 2. The lowest BCUT2D eigenvalue weighted by molar-refractivity contribution is -0.161. The average Bonchev–Trinajstić information content (AvgIpc) is 3.35. The molecular formula is C35H40N6O7S. The Labute approximate surface area is 286 Å². The Balaban J connectivity index is 1.31. The van der Waals surface area contributed by atoms with Gasteiger partial charge in [0, 0.05) is 68.9 Å². The van der Waals surface area contributed by atoms with Crippen LogP contribution in [0.15, 0.2) is 59.8 Å². The number of hydrogen-bond acceptors (Lipinski definition) is 12. The van der Waals surface area contributed by atoms with E-state index in [0.29, 0.717) is 53.6 Å². The van der Waals surface area contributed by atoms with Crippen LogP contribution in [0.5, 0.6) is 17.2 Å². The molecule has 2 aromatic carbocycles. The molecule has 0 radical (unpaired) electrons. The van der Waals surface area contributed by atoms with Crippen LogP contribution in [-0.2, 0) is 25.1 Å². The number of carbonyl (C=O) groups is 1. The van der Waals surface area contributed by atoms with Crippen molar-refractivity contribution in [3.63, 3.8) is 0 Å². The molecule has 1 amide bonds. The summed E-state index contributed by atoms with van der Waals surface area (Å²) >= 11 is 0. The van der Waals surface area contributed by atoms with Crippen molar-refractivity contribution in [1.82, 2.24) is 19.7 Å². The standard InChI is InChI=1S/C35H40N6O7S/c1-4-48-31-9-6-26(45-2)18-29(31)35(40-23-34(24-40)21-39(22-34)12-11-38-13-15-47-16-14-38)28-17-25(19-36)5-8-30(28)41(33(35)42)49(43,44)32-10-7-27(46-3)20-37-32/h5-10,17-18,20H,4,11-16,21-24H2,1-3H3. The zero-order chi connectivity index (χ0) is 34.4. The van der Waals surface area contributed by atoms with Crippen molar-refractivity contribution >= 4 is 21.6 Å². The van der Waals surface area contributed by atoms with Crippen molar-refractivity contribution in [3.8, 4) is 23.3 Å². The predicted molar refractivity (Wildman–Crippen MR) is 179 cm³/mol. The van der Waals surface area contributed by atoms with Gasteiger partial charge < -0.3 is 23.8 Å². The fourth-order valence-corrected chi connectivity index (χ4v) is 9.10. The molecule has 13 nitrogen and oxygen atoms in total. The molecule has 0 N–H and O–H groups in total. The highest BCUT2D eigenvalue weighted by Crippen LogP contribution is 2.57. The molecule has 4 aliphatic heterocycles. The molecule has 4 aliphatic rings. The van der Waals surface area contributed by atoms with Crippen molar-refractivity contribution in [2.75, 3.05) is 90.7 Å². The minimum absolute atomic E-state index is 0.0558. The summed E-state index contributed by atoms with van der Waals surface area (Å²) in [6, 6.07) is 14.9. The number of ether oxygens (including phenoxy) is 4. The fraction of sp³-hybridized carbons (Fsp3) is 0.457. The van der Waals surface area contributed by atoms with Gasteiger partial charge >= 0.3 is 0 Å². The van der Waals surface area contributed by atoms with Crippen molar-refractivity contribution in [3.05, 3.63) is 71.4 Å². The summed E-state index contributed by atoms with van der Waals surface area (Å²) < 4.78 is 52.1. The van der Waals surface area contributed by atoms with E-state index in [2.05, 4.69) is 20.9 Å². The molecule has 1 unspecified atom stereocenters. The van der Waals surface area contributed by atoms with Crippen LogP contribution in [0, 0.1) is 16.7 Å². The molecule has 0 bridgehead atoms. The van der Waals surface area contributed by atoms with Crippen molar-refractivity contribution < 1.29 is 32.2 Å². The maximum atomic E-state index is 15.3. The number of methoxy groups -OCH3 is 2. The Morgan fingerprint density at radius 1 is 0.918 bits per heavy atom. The maximum Gasteiger partial charge on any atom is 0.288 e. The molecule has 258 valence electrons. The highest BCUT2D eigenvalue weighted by Gasteiger charge is 2.66. The van der Waals surface area contributed by atoms with Crippen LogP contribution in [0.2, 0.25) is 0 Å². The van der Waals surface area contributed by atoms with Crippen LogP contribution in [-0.4, -0.2) is 120 Å². The maximum absolute atomic E-state index is 15.3. The molecule has 1 spiro atoms. The second-order valence-electron chi connectivity index (χ2n) is 13.0. The number of nitriles is 1. The van der Waals surface area contributed by atoms with Gasteiger partial charge in [0.25, 0.3) is 15.9 Å². The molecule has 49 heavy (non-hydrogen) atoms. The molecule has 3 saturated heterocycles. The smallest absolute Gasteiger partial charge is 0.288 e. The number of hydrogen-bond donors (Lipinski definition) is 0. The van der Waals surface area contributed by atoms with E-state index in [0.717, 1.165) is 56.8 Å². The monoisotopic (exact) mass is 688 g/mol. The molecule has 14 heteroatoms. The number of fused-ring (bicyclic) bond motifs is 1. The summed E-state index contributed by atoms with van der Waals surface area (Å²) in [7, 11) is -1.52. The number of amides is 1. The van der Waals surface area contributed by atoms with Gasteiger partial charge in [-0.25, -0.2) is 4.98 Å². The topological polar surface area (TPSA) is 138 Å². The van der Waals surface area contributed by atoms with E-state index in [9.17, 15) is 13.7 Å². The van der Waals surface area contributed by atoms with Gasteiger partial charge in [-0.1, -0.05) is 0 Å². The Hall–Kier alpha value is -4.26. The molecule has 5 heterocycles. The minimum atomic E-state index is -4.52. The summed E-state index contributed by atoms with van der Waals surface area (Å²) in [4.78, 5) is 26.4. The van der Waals surface area contributed by atoms with Crippen molar-refractivity contribution in [2.45, 2.75) is 17.5 Å². The average molecular weight is 689 g/mol. The Kier molecular flexibility index (Phi) is 8.74. The molecule has 0 aliphatic carbocycles. The summed E-state index contributed by atoms with van der Waals surface area (Å²) in [5.74, 6) is 0.592. The van der Waals surface area contributed by atoms with Crippen LogP contribution >= 0.6 is 0 Å². The number of rotatable bonds is 11. The van der Waals surface area contributed by atoms with Crippen LogP contribution in [0.3, 0.4) is 0 Å². The van der Waals surface area contributed by atoms with Gasteiger partial charge in [-0.2, -0.15) is 18.0 Å². The largest absolute Gasteiger partial charge is 0.497 e. The molecular weight excluding hydrogens is 648 g/mol. The molecule has 7 rings (SSSR count). The number of sulfonamides is 1. The first-order valence-corrected chi connectivity index (χ1v) is 17.9. The SMILES string of the molecule is CCOc1ccc(OC)cc1C1(N2CC3(CN(CCN4CCOCC4)C3)C2)C(=O)N(S(=O)(=O)c2ccc(OC)cn2)c2ccc(C#N)cc21. The Morgan fingerprint density at radius 2 is 1.63 bits per heavy atom. The summed E-state index contributed by atoms with van der Waals surface area (Å²) in [5.41, 5.74) is -0.393. The van der Waals surface area contributed by atoms with E-state index >= 15 is 4.79 Å². The van der Waals surface area contributed by atoms with Crippen LogP contribution in [0.1, 0.15) is 23.6 Å². The Bertz CT molecular complexity index is 1880. The van der Waals surface area contributed by atoms with Gasteiger partial charge in [0.2, 0.25) is 0 Å². The van der Waals surface area contributed by atoms with Gasteiger partial charge in [-0.3, -0.25) is 14.6 Å². The summed E-state index contributed by atoms with van der Waals surface area (Å²) in [5, 5.41) is 9.69. The highest BCUT2D eigenvalue weighted by atomic mass is 32.2. The zero-order valence-corrected chi connectivity index (χ0v) is 28.7. The lowest BCUT2D eigenvalue weighted by Gasteiger charge is -2.64. The molecule has 1 aromatic heterocycles. The van der Waals surface area contributed by atoms with Crippen molar-refractivity contribution in [2.24, 2.45) is 5.41 Å². The lowest BCUT2D eigenvalue weighted by Crippen LogP contribution is -2.76. The highest BCUT2D eigenvalue weighted by molar-refractivity contribution is 7.93. The first-order valence-electron chi connectivity index (χ1n) is 16.4. The first kappa shape index (κ1) is 33.2. The van der Waals surface area contributed by atoms with E-state index in [1.807, 2.05) is 11.8 Å². The molecule has 1 atom stereocenters.